The Hall–Kier alpha value is -1.74. The van der Waals surface area contributed by atoms with Crippen LogP contribution < -0.4 is 15.1 Å². The van der Waals surface area contributed by atoms with Crippen molar-refractivity contribution in [1.82, 2.24) is 5.48 Å². The van der Waals surface area contributed by atoms with E-state index in [1.54, 1.807) is 7.11 Å². The minimum Gasteiger partial charge on any atom is -0.496 e. The third-order valence-corrected chi connectivity index (χ3v) is 3.47. The predicted molar refractivity (Wildman–Crippen MR) is 70.6 cm³/mol. The largest absolute Gasteiger partial charge is 0.496 e. The third-order valence-electron chi connectivity index (χ3n) is 3.47. The van der Waals surface area contributed by atoms with Gasteiger partial charge in [-0.25, -0.2) is 0 Å². The van der Waals surface area contributed by atoms with Gasteiger partial charge in [-0.05, 0) is 31.4 Å². The van der Waals surface area contributed by atoms with E-state index in [-0.39, 0.29) is 6.04 Å². The number of hydrogen-bond acceptors (Lipinski definition) is 3. The molecule has 3 heteroatoms. The van der Waals surface area contributed by atoms with Gasteiger partial charge in [-0.15, -0.1) is 5.48 Å². The maximum Gasteiger partial charge on any atom is 0.155 e. The molecular formula is C15H17NO2. The topological polar surface area (TPSA) is 30.5 Å². The number of methoxy groups -OCH3 is 1. The fourth-order valence-electron chi connectivity index (χ4n) is 2.56. The smallest absolute Gasteiger partial charge is 0.155 e. The van der Waals surface area contributed by atoms with Crippen molar-refractivity contribution in [3.63, 3.8) is 0 Å². The first-order chi connectivity index (χ1) is 8.88. The van der Waals surface area contributed by atoms with Crippen molar-refractivity contribution in [2.24, 2.45) is 0 Å². The Morgan fingerprint density at radius 1 is 1.44 bits per heavy atom. The van der Waals surface area contributed by atoms with E-state index in [4.69, 9.17) is 9.57 Å². The van der Waals surface area contributed by atoms with Gasteiger partial charge in [0.1, 0.15) is 5.75 Å². The van der Waals surface area contributed by atoms with Crippen LogP contribution in [0.4, 0.5) is 0 Å². The highest BCUT2D eigenvalue weighted by Crippen LogP contribution is 2.41. The molecule has 1 heterocycles. The minimum atomic E-state index is 0.189. The Morgan fingerprint density at radius 2 is 2.39 bits per heavy atom. The molecular weight excluding hydrogens is 226 g/mol. The van der Waals surface area contributed by atoms with Crippen molar-refractivity contribution in [2.45, 2.75) is 25.3 Å². The molecule has 2 aliphatic rings. The van der Waals surface area contributed by atoms with Gasteiger partial charge < -0.3 is 9.57 Å². The molecule has 1 aliphatic heterocycles. The molecule has 0 saturated carbocycles. The number of fused-ring (bicyclic) bond motifs is 1. The summed E-state index contributed by atoms with van der Waals surface area (Å²) in [4.78, 5) is 5.52. The Morgan fingerprint density at radius 3 is 3.17 bits per heavy atom. The van der Waals surface area contributed by atoms with Crippen LogP contribution in [-0.2, 0) is 0 Å². The van der Waals surface area contributed by atoms with E-state index in [2.05, 4.69) is 23.7 Å². The molecule has 1 aromatic rings. The van der Waals surface area contributed by atoms with E-state index in [0.717, 1.165) is 36.3 Å². The van der Waals surface area contributed by atoms with E-state index < -0.39 is 0 Å². The molecule has 0 saturated heterocycles. The van der Waals surface area contributed by atoms with Crippen LogP contribution >= 0.6 is 0 Å². The van der Waals surface area contributed by atoms with E-state index >= 15 is 0 Å². The summed E-state index contributed by atoms with van der Waals surface area (Å²) < 4.78 is 5.42. The van der Waals surface area contributed by atoms with Crippen LogP contribution in [0, 0.1) is 0 Å². The number of rotatable bonds is 3. The molecule has 94 valence electrons. The normalized spacial score (nSPS) is 21.2. The summed E-state index contributed by atoms with van der Waals surface area (Å²) in [6.45, 7) is 0. The van der Waals surface area contributed by atoms with E-state index in [1.165, 1.54) is 5.57 Å². The second kappa shape index (κ2) is 4.86. The zero-order valence-electron chi connectivity index (χ0n) is 10.5. The van der Waals surface area contributed by atoms with Crippen LogP contribution in [-0.4, -0.2) is 7.11 Å². The van der Waals surface area contributed by atoms with Crippen molar-refractivity contribution in [3.05, 3.63) is 47.6 Å². The molecule has 0 aromatic heterocycles. The van der Waals surface area contributed by atoms with Crippen molar-refractivity contribution in [2.75, 3.05) is 7.11 Å². The summed E-state index contributed by atoms with van der Waals surface area (Å²) in [5, 5.41) is 0. The molecule has 1 atom stereocenters. The standard InChI is InChI=1S/C15H17NO2/c1-17-13-8-5-9-14-15(13)12(16-18-14)10-11-6-3-2-4-7-11/h2-3,5-6,8-9,12,16H,4,7,10H2,1H3. The fraction of sp³-hybridized carbons (Fsp3) is 0.333. The van der Waals surface area contributed by atoms with Gasteiger partial charge in [0.05, 0.1) is 18.7 Å². The highest BCUT2D eigenvalue weighted by molar-refractivity contribution is 5.49. The van der Waals surface area contributed by atoms with Crippen LogP contribution in [0.25, 0.3) is 0 Å². The predicted octanol–water partition coefficient (Wildman–Crippen LogP) is 3.30. The van der Waals surface area contributed by atoms with Crippen molar-refractivity contribution in [1.29, 1.82) is 0 Å². The lowest BCUT2D eigenvalue weighted by Crippen LogP contribution is -2.17. The molecule has 1 unspecified atom stereocenters. The Kier molecular flexibility index (Phi) is 3.07. The number of benzene rings is 1. The Balaban J connectivity index is 1.85. The molecule has 3 rings (SSSR count). The van der Waals surface area contributed by atoms with Gasteiger partial charge in [-0.3, -0.25) is 0 Å². The van der Waals surface area contributed by atoms with Crippen LogP contribution in [0.1, 0.15) is 30.9 Å². The van der Waals surface area contributed by atoms with Gasteiger partial charge >= 0.3 is 0 Å². The summed E-state index contributed by atoms with van der Waals surface area (Å²) in [6, 6.07) is 6.09. The van der Waals surface area contributed by atoms with Gasteiger partial charge in [0, 0.05) is 0 Å². The zero-order valence-corrected chi connectivity index (χ0v) is 10.5. The number of hydrogen-bond donors (Lipinski definition) is 1. The minimum absolute atomic E-state index is 0.189. The number of allylic oxidation sites excluding steroid dienone is 3. The molecule has 3 nitrogen and oxygen atoms in total. The summed E-state index contributed by atoms with van der Waals surface area (Å²) in [5.74, 6) is 1.78. The zero-order chi connectivity index (χ0) is 12.4. The lowest BCUT2D eigenvalue weighted by molar-refractivity contribution is 0.192. The van der Waals surface area contributed by atoms with E-state index in [0.29, 0.717) is 0 Å². The number of hydroxylamine groups is 1. The van der Waals surface area contributed by atoms with Crippen LogP contribution in [0.5, 0.6) is 11.5 Å². The monoisotopic (exact) mass is 243 g/mol. The Labute approximate surface area is 107 Å². The lowest BCUT2D eigenvalue weighted by atomic mass is 9.94. The van der Waals surface area contributed by atoms with Gasteiger partial charge in [0.15, 0.2) is 5.75 Å². The summed E-state index contributed by atoms with van der Waals surface area (Å²) in [7, 11) is 1.70. The van der Waals surface area contributed by atoms with E-state index in [9.17, 15) is 0 Å². The van der Waals surface area contributed by atoms with Crippen LogP contribution in [0.15, 0.2) is 42.0 Å². The Bertz CT molecular complexity index is 505. The van der Waals surface area contributed by atoms with Crippen molar-refractivity contribution in [3.8, 4) is 11.5 Å². The van der Waals surface area contributed by atoms with Gasteiger partial charge in [0.2, 0.25) is 0 Å². The first kappa shape index (κ1) is 11.4. The van der Waals surface area contributed by atoms with Crippen LogP contribution in [0.3, 0.4) is 0 Å². The van der Waals surface area contributed by atoms with Gasteiger partial charge in [-0.1, -0.05) is 29.9 Å². The van der Waals surface area contributed by atoms with Gasteiger partial charge in [0.25, 0.3) is 0 Å². The van der Waals surface area contributed by atoms with Crippen molar-refractivity contribution < 1.29 is 9.57 Å². The molecule has 0 amide bonds. The molecule has 0 spiro atoms. The van der Waals surface area contributed by atoms with Crippen LogP contribution in [0.2, 0.25) is 0 Å². The highest BCUT2D eigenvalue weighted by Gasteiger charge is 2.28. The highest BCUT2D eigenvalue weighted by atomic mass is 16.7. The number of ether oxygens (including phenoxy) is 1. The average Bonchev–Trinajstić information content (AvgIpc) is 2.83. The molecule has 0 fully saturated rings. The molecule has 1 aliphatic carbocycles. The first-order valence-electron chi connectivity index (χ1n) is 6.32. The summed E-state index contributed by atoms with van der Waals surface area (Å²) in [5.41, 5.74) is 5.69. The second-order valence-corrected chi connectivity index (χ2v) is 4.64. The molecule has 18 heavy (non-hydrogen) atoms. The molecule has 0 bridgehead atoms. The quantitative estimate of drug-likeness (QED) is 0.883. The molecule has 1 N–H and O–H groups in total. The van der Waals surface area contributed by atoms with E-state index in [1.807, 2.05) is 18.2 Å². The lowest BCUT2D eigenvalue weighted by Gasteiger charge is -2.15. The fourth-order valence-corrected chi connectivity index (χ4v) is 2.56. The second-order valence-electron chi connectivity index (χ2n) is 4.64. The third kappa shape index (κ3) is 2.02. The summed E-state index contributed by atoms with van der Waals surface area (Å²) >= 11 is 0. The summed E-state index contributed by atoms with van der Waals surface area (Å²) in [6.07, 6.45) is 9.79. The first-order valence-corrected chi connectivity index (χ1v) is 6.32. The SMILES string of the molecule is COc1cccc2c1C(CC1=CC=CCC1)NO2. The number of nitrogens with one attached hydrogen (secondary N) is 1. The molecule has 0 radical (unpaired) electrons. The average molecular weight is 243 g/mol. The molecule has 1 aromatic carbocycles. The van der Waals surface area contributed by atoms with Gasteiger partial charge in [-0.2, -0.15) is 0 Å². The maximum absolute atomic E-state index is 5.52. The van der Waals surface area contributed by atoms with Crippen molar-refractivity contribution >= 4 is 0 Å². The maximum atomic E-state index is 5.52.